The van der Waals surface area contributed by atoms with Crippen molar-refractivity contribution in [3.8, 4) is 0 Å². The van der Waals surface area contributed by atoms with Gasteiger partial charge in [0.1, 0.15) is 6.04 Å². The first-order valence-corrected chi connectivity index (χ1v) is 2.73. The molecule has 1 aliphatic rings. The van der Waals surface area contributed by atoms with Gasteiger partial charge in [-0.25, -0.2) is 0 Å². The Morgan fingerprint density at radius 1 is 1.89 bits per heavy atom. The number of carbonyl (C=O) groups excluding carboxylic acids is 1. The monoisotopic (exact) mass is 131 g/mol. The van der Waals surface area contributed by atoms with E-state index in [1.54, 1.807) is 0 Å². The lowest BCUT2D eigenvalue weighted by Gasteiger charge is -2.02. The SMILES string of the molecule is COC(=O)[C@H]1COCN1. The molecule has 0 bridgehead atoms. The molecule has 4 heteroatoms. The van der Waals surface area contributed by atoms with Crippen molar-refractivity contribution in [2.75, 3.05) is 20.4 Å². The molecular formula is C5H9NO3. The van der Waals surface area contributed by atoms with Crippen LogP contribution in [0.2, 0.25) is 0 Å². The molecule has 0 aliphatic carbocycles. The first-order valence-electron chi connectivity index (χ1n) is 2.73. The van der Waals surface area contributed by atoms with Gasteiger partial charge in [0.05, 0.1) is 20.4 Å². The Balaban J connectivity index is 2.32. The molecule has 0 radical (unpaired) electrons. The third-order valence-corrected chi connectivity index (χ3v) is 1.20. The number of methoxy groups -OCH3 is 1. The van der Waals surface area contributed by atoms with Gasteiger partial charge in [-0.3, -0.25) is 10.1 Å². The molecular weight excluding hydrogens is 122 g/mol. The summed E-state index contributed by atoms with van der Waals surface area (Å²) in [5.74, 6) is -0.257. The van der Waals surface area contributed by atoms with Crippen LogP contribution >= 0.6 is 0 Å². The van der Waals surface area contributed by atoms with Crippen molar-refractivity contribution in [1.82, 2.24) is 5.32 Å². The second kappa shape index (κ2) is 2.80. The number of carbonyl (C=O) groups is 1. The molecule has 0 aromatic carbocycles. The molecule has 52 valence electrons. The predicted molar refractivity (Wildman–Crippen MR) is 29.8 cm³/mol. The van der Waals surface area contributed by atoms with Gasteiger partial charge in [-0.1, -0.05) is 0 Å². The predicted octanol–water partition coefficient (Wildman–Crippen LogP) is -0.895. The lowest BCUT2D eigenvalue weighted by atomic mass is 10.3. The molecule has 0 saturated carbocycles. The molecule has 9 heavy (non-hydrogen) atoms. The van der Waals surface area contributed by atoms with Crippen LogP contribution in [0.3, 0.4) is 0 Å². The Kier molecular flexibility index (Phi) is 2.02. The van der Waals surface area contributed by atoms with Gasteiger partial charge in [0, 0.05) is 0 Å². The summed E-state index contributed by atoms with van der Waals surface area (Å²) in [4.78, 5) is 10.6. The zero-order valence-corrected chi connectivity index (χ0v) is 5.22. The summed E-state index contributed by atoms with van der Waals surface area (Å²) in [7, 11) is 1.36. The van der Waals surface area contributed by atoms with Crippen molar-refractivity contribution in [1.29, 1.82) is 0 Å². The van der Waals surface area contributed by atoms with Crippen LogP contribution in [0.25, 0.3) is 0 Å². The van der Waals surface area contributed by atoms with Gasteiger partial charge in [-0.05, 0) is 0 Å². The van der Waals surface area contributed by atoms with E-state index < -0.39 is 0 Å². The Labute approximate surface area is 53.1 Å². The van der Waals surface area contributed by atoms with Gasteiger partial charge < -0.3 is 9.47 Å². The second-order valence-electron chi connectivity index (χ2n) is 1.79. The third-order valence-electron chi connectivity index (χ3n) is 1.20. The highest BCUT2D eigenvalue weighted by molar-refractivity contribution is 5.75. The molecule has 0 spiro atoms. The van der Waals surface area contributed by atoms with E-state index in [2.05, 4.69) is 10.1 Å². The standard InChI is InChI=1S/C5H9NO3/c1-8-5(7)4-2-9-3-6-4/h4,6H,2-3H2,1H3/t4-/m1/s1. The highest BCUT2D eigenvalue weighted by Crippen LogP contribution is 1.95. The van der Waals surface area contributed by atoms with Crippen molar-refractivity contribution in [2.45, 2.75) is 6.04 Å². The Bertz CT molecular complexity index is 109. The molecule has 4 nitrogen and oxygen atoms in total. The third kappa shape index (κ3) is 1.40. The fourth-order valence-corrected chi connectivity index (χ4v) is 0.689. The van der Waals surface area contributed by atoms with E-state index in [4.69, 9.17) is 4.74 Å². The second-order valence-corrected chi connectivity index (χ2v) is 1.79. The Morgan fingerprint density at radius 2 is 2.67 bits per heavy atom. The van der Waals surface area contributed by atoms with Gasteiger partial charge in [0.25, 0.3) is 0 Å². The van der Waals surface area contributed by atoms with Gasteiger partial charge in [0.15, 0.2) is 0 Å². The lowest BCUT2D eigenvalue weighted by Crippen LogP contribution is -2.33. The maximum Gasteiger partial charge on any atom is 0.325 e. The van der Waals surface area contributed by atoms with Crippen LogP contribution < -0.4 is 5.32 Å². The van der Waals surface area contributed by atoms with Crippen LogP contribution in [0.5, 0.6) is 0 Å². The Hall–Kier alpha value is -0.610. The summed E-state index contributed by atoms with van der Waals surface area (Å²) >= 11 is 0. The number of hydrogen-bond donors (Lipinski definition) is 1. The normalized spacial score (nSPS) is 26.1. The minimum Gasteiger partial charge on any atom is -0.468 e. The Morgan fingerprint density at radius 3 is 3.11 bits per heavy atom. The summed E-state index contributed by atoms with van der Waals surface area (Å²) in [6, 6.07) is -0.255. The molecule has 1 saturated heterocycles. The molecule has 0 aromatic rings. The summed E-state index contributed by atoms with van der Waals surface area (Å²) in [5.41, 5.74) is 0. The van der Waals surface area contributed by atoms with E-state index in [1.807, 2.05) is 0 Å². The highest BCUT2D eigenvalue weighted by atomic mass is 16.5. The van der Waals surface area contributed by atoms with Crippen LogP contribution in [0.15, 0.2) is 0 Å². The average molecular weight is 131 g/mol. The number of rotatable bonds is 1. The fourth-order valence-electron chi connectivity index (χ4n) is 0.689. The van der Waals surface area contributed by atoms with E-state index in [1.165, 1.54) is 7.11 Å². The molecule has 0 unspecified atom stereocenters. The van der Waals surface area contributed by atoms with Gasteiger partial charge in [-0.15, -0.1) is 0 Å². The summed E-state index contributed by atoms with van der Waals surface area (Å²) < 4.78 is 9.32. The smallest absolute Gasteiger partial charge is 0.325 e. The molecule has 1 N–H and O–H groups in total. The van der Waals surface area contributed by atoms with Crippen molar-refractivity contribution >= 4 is 5.97 Å². The quantitative estimate of drug-likeness (QED) is 0.469. The minimum absolute atomic E-state index is 0.255. The summed E-state index contributed by atoms with van der Waals surface area (Å²) in [6.07, 6.45) is 0. The molecule has 0 aromatic heterocycles. The van der Waals surface area contributed by atoms with Gasteiger partial charge in [-0.2, -0.15) is 0 Å². The van der Waals surface area contributed by atoms with Gasteiger partial charge >= 0.3 is 5.97 Å². The van der Waals surface area contributed by atoms with Gasteiger partial charge in [0.2, 0.25) is 0 Å². The molecule has 1 heterocycles. The van der Waals surface area contributed by atoms with Crippen LogP contribution in [-0.2, 0) is 14.3 Å². The average Bonchev–Trinajstić information content (AvgIpc) is 2.37. The maximum atomic E-state index is 10.6. The van der Waals surface area contributed by atoms with Crippen molar-refractivity contribution in [3.05, 3.63) is 0 Å². The number of esters is 1. The zero-order valence-electron chi connectivity index (χ0n) is 5.22. The number of ether oxygens (including phenoxy) is 2. The zero-order chi connectivity index (χ0) is 6.69. The van der Waals surface area contributed by atoms with Crippen LogP contribution in [0.1, 0.15) is 0 Å². The van der Waals surface area contributed by atoms with E-state index >= 15 is 0 Å². The van der Waals surface area contributed by atoms with Crippen LogP contribution in [-0.4, -0.2) is 32.5 Å². The number of nitrogens with one attached hydrogen (secondary N) is 1. The van der Waals surface area contributed by atoms with Crippen molar-refractivity contribution in [2.24, 2.45) is 0 Å². The molecule has 1 atom stereocenters. The van der Waals surface area contributed by atoms with Crippen molar-refractivity contribution in [3.63, 3.8) is 0 Å². The highest BCUT2D eigenvalue weighted by Gasteiger charge is 2.22. The first kappa shape index (κ1) is 6.51. The maximum absolute atomic E-state index is 10.6. The lowest BCUT2D eigenvalue weighted by molar-refractivity contribution is -0.142. The molecule has 1 aliphatic heterocycles. The molecule has 1 rings (SSSR count). The topological polar surface area (TPSA) is 47.6 Å². The first-order chi connectivity index (χ1) is 4.34. The largest absolute Gasteiger partial charge is 0.468 e. The fraction of sp³-hybridized carbons (Fsp3) is 0.800. The van der Waals surface area contributed by atoms with E-state index in [-0.39, 0.29) is 12.0 Å². The molecule has 0 amide bonds. The van der Waals surface area contributed by atoms with Crippen LogP contribution in [0.4, 0.5) is 0 Å². The molecule has 1 fully saturated rings. The van der Waals surface area contributed by atoms with E-state index in [0.29, 0.717) is 13.3 Å². The summed E-state index contributed by atoms with van der Waals surface area (Å²) in [5, 5.41) is 2.81. The summed E-state index contributed by atoms with van der Waals surface area (Å²) in [6.45, 7) is 0.867. The van der Waals surface area contributed by atoms with E-state index in [9.17, 15) is 4.79 Å². The minimum atomic E-state index is -0.257. The van der Waals surface area contributed by atoms with Crippen molar-refractivity contribution < 1.29 is 14.3 Å². The van der Waals surface area contributed by atoms with E-state index in [0.717, 1.165) is 0 Å². The van der Waals surface area contributed by atoms with Crippen LogP contribution in [0, 0.1) is 0 Å². The number of hydrogen-bond acceptors (Lipinski definition) is 4.